The van der Waals surface area contributed by atoms with Gasteiger partial charge in [-0.3, -0.25) is 10.1 Å². The van der Waals surface area contributed by atoms with Gasteiger partial charge in [-0.1, -0.05) is 11.3 Å². The molecular formula is C12H9N3O3S. The molecule has 0 radical (unpaired) electrons. The van der Waals surface area contributed by atoms with Crippen LogP contribution in [0.15, 0.2) is 35.1 Å². The van der Waals surface area contributed by atoms with Crippen LogP contribution in [0.1, 0.15) is 10.6 Å². The first-order valence-corrected chi connectivity index (χ1v) is 6.23. The predicted octanol–water partition coefficient (Wildman–Crippen LogP) is 2.55. The number of pyridine rings is 1. The first-order valence-electron chi connectivity index (χ1n) is 5.41. The summed E-state index contributed by atoms with van der Waals surface area (Å²) in [5.74, 6) is 0.530. The maximum absolute atomic E-state index is 11.8. The van der Waals surface area contributed by atoms with Crippen molar-refractivity contribution in [2.24, 2.45) is 0 Å². The molecule has 0 saturated carbocycles. The average Bonchev–Trinajstić information content (AvgIpc) is 3.06. The third-order valence-corrected chi connectivity index (χ3v) is 3.32. The van der Waals surface area contributed by atoms with E-state index in [2.05, 4.69) is 15.3 Å². The van der Waals surface area contributed by atoms with E-state index in [-0.39, 0.29) is 11.7 Å². The Balaban J connectivity index is 1.87. The van der Waals surface area contributed by atoms with E-state index in [1.807, 2.05) is 0 Å². The fourth-order valence-corrected chi connectivity index (χ4v) is 2.32. The van der Waals surface area contributed by atoms with E-state index in [0.717, 1.165) is 4.83 Å². The zero-order chi connectivity index (χ0) is 13.2. The van der Waals surface area contributed by atoms with Gasteiger partial charge in [0, 0.05) is 6.07 Å². The number of anilines is 1. The van der Waals surface area contributed by atoms with Crippen molar-refractivity contribution in [2.75, 3.05) is 12.4 Å². The summed E-state index contributed by atoms with van der Waals surface area (Å²) in [6, 6.07) is 5.00. The topological polar surface area (TPSA) is 77.2 Å². The lowest BCUT2D eigenvalue weighted by molar-refractivity contribution is 0.0996. The molecule has 0 unspecified atom stereocenters. The molecule has 96 valence electrons. The van der Waals surface area contributed by atoms with Crippen LogP contribution in [-0.4, -0.2) is 23.0 Å². The molecule has 6 nitrogen and oxygen atoms in total. The molecule has 3 rings (SSSR count). The standard InChI is InChI=1S/C12H9N3O3S/c1-17-7-5-8-11(13-6-7)19-12(14-8)15-10(16)9-3-2-4-18-9/h2-6H,1H3,(H,14,15,16). The first-order chi connectivity index (χ1) is 9.26. The Morgan fingerprint density at radius 1 is 1.53 bits per heavy atom. The van der Waals surface area contributed by atoms with Crippen LogP contribution in [0.2, 0.25) is 0 Å². The number of ether oxygens (including phenoxy) is 1. The molecule has 19 heavy (non-hydrogen) atoms. The number of fused-ring (bicyclic) bond motifs is 1. The molecule has 0 spiro atoms. The monoisotopic (exact) mass is 275 g/mol. The van der Waals surface area contributed by atoms with Crippen LogP contribution in [0.5, 0.6) is 5.75 Å². The van der Waals surface area contributed by atoms with Crippen molar-refractivity contribution in [3.8, 4) is 5.75 Å². The molecule has 0 aliphatic carbocycles. The molecule has 1 N–H and O–H groups in total. The van der Waals surface area contributed by atoms with Crippen LogP contribution in [0.25, 0.3) is 10.3 Å². The van der Waals surface area contributed by atoms with Crippen molar-refractivity contribution < 1.29 is 13.9 Å². The SMILES string of the molecule is COc1cnc2sc(NC(=O)c3ccco3)nc2c1. The van der Waals surface area contributed by atoms with Crippen LogP contribution in [0.4, 0.5) is 5.13 Å². The van der Waals surface area contributed by atoms with Gasteiger partial charge in [-0.05, 0) is 12.1 Å². The van der Waals surface area contributed by atoms with Crippen molar-refractivity contribution in [2.45, 2.75) is 0 Å². The normalized spacial score (nSPS) is 10.6. The molecule has 0 bridgehead atoms. The van der Waals surface area contributed by atoms with Crippen molar-refractivity contribution in [3.63, 3.8) is 0 Å². The Labute approximate surface area is 112 Å². The number of carbonyl (C=O) groups excluding carboxylic acids is 1. The highest BCUT2D eigenvalue weighted by molar-refractivity contribution is 7.21. The van der Waals surface area contributed by atoms with Crippen molar-refractivity contribution >= 4 is 32.7 Å². The number of carbonyl (C=O) groups is 1. The summed E-state index contributed by atoms with van der Waals surface area (Å²) in [5, 5.41) is 3.13. The molecule has 0 atom stereocenters. The highest BCUT2D eigenvalue weighted by atomic mass is 32.1. The molecule has 3 aromatic heterocycles. The Hall–Kier alpha value is -2.41. The number of nitrogens with one attached hydrogen (secondary N) is 1. The van der Waals surface area contributed by atoms with Gasteiger partial charge in [0.05, 0.1) is 19.6 Å². The van der Waals surface area contributed by atoms with Gasteiger partial charge < -0.3 is 9.15 Å². The fourth-order valence-electron chi connectivity index (χ4n) is 1.54. The van der Waals surface area contributed by atoms with E-state index >= 15 is 0 Å². The minimum Gasteiger partial charge on any atom is -0.495 e. The van der Waals surface area contributed by atoms with Gasteiger partial charge in [-0.15, -0.1) is 0 Å². The maximum Gasteiger partial charge on any atom is 0.293 e. The molecule has 0 aromatic carbocycles. The number of amides is 1. The van der Waals surface area contributed by atoms with Crippen molar-refractivity contribution in [1.29, 1.82) is 0 Å². The molecule has 0 fully saturated rings. The Kier molecular flexibility index (Phi) is 2.88. The molecule has 3 aromatic rings. The zero-order valence-electron chi connectivity index (χ0n) is 9.91. The van der Waals surface area contributed by atoms with E-state index in [0.29, 0.717) is 16.4 Å². The smallest absolute Gasteiger partial charge is 0.293 e. The van der Waals surface area contributed by atoms with E-state index in [4.69, 9.17) is 9.15 Å². The molecule has 0 aliphatic rings. The van der Waals surface area contributed by atoms with Crippen LogP contribution < -0.4 is 10.1 Å². The van der Waals surface area contributed by atoms with Crippen LogP contribution >= 0.6 is 11.3 Å². The first kappa shape index (κ1) is 11.7. The largest absolute Gasteiger partial charge is 0.495 e. The van der Waals surface area contributed by atoms with Gasteiger partial charge in [0.25, 0.3) is 5.91 Å². The van der Waals surface area contributed by atoms with Gasteiger partial charge in [0.2, 0.25) is 0 Å². The number of hydrogen-bond acceptors (Lipinski definition) is 6. The number of furan rings is 1. The average molecular weight is 275 g/mol. The number of nitrogens with zero attached hydrogens (tertiary/aromatic N) is 2. The summed E-state index contributed by atoms with van der Waals surface area (Å²) < 4.78 is 10.1. The molecular weight excluding hydrogens is 266 g/mol. The summed E-state index contributed by atoms with van der Waals surface area (Å²) in [6.07, 6.45) is 3.05. The third-order valence-electron chi connectivity index (χ3n) is 2.42. The van der Waals surface area contributed by atoms with Gasteiger partial charge in [-0.2, -0.15) is 0 Å². The Morgan fingerprint density at radius 3 is 3.16 bits per heavy atom. The van der Waals surface area contributed by atoms with Crippen LogP contribution in [0, 0.1) is 0 Å². The van der Waals surface area contributed by atoms with E-state index in [9.17, 15) is 4.79 Å². The van der Waals surface area contributed by atoms with Crippen LogP contribution in [0.3, 0.4) is 0 Å². The van der Waals surface area contributed by atoms with Gasteiger partial charge in [0.15, 0.2) is 10.9 Å². The Morgan fingerprint density at radius 2 is 2.42 bits per heavy atom. The number of rotatable bonds is 3. The van der Waals surface area contributed by atoms with Gasteiger partial charge >= 0.3 is 0 Å². The number of methoxy groups -OCH3 is 1. The second-order valence-corrected chi connectivity index (χ2v) is 4.63. The quantitative estimate of drug-likeness (QED) is 0.794. The minimum atomic E-state index is -0.337. The van der Waals surface area contributed by atoms with E-state index < -0.39 is 0 Å². The highest BCUT2D eigenvalue weighted by Crippen LogP contribution is 2.26. The second kappa shape index (κ2) is 4.69. The lowest BCUT2D eigenvalue weighted by atomic mass is 10.4. The number of aromatic nitrogens is 2. The fraction of sp³-hybridized carbons (Fsp3) is 0.0833. The lowest BCUT2D eigenvalue weighted by Crippen LogP contribution is -2.10. The number of hydrogen-bond donors (Lipinski definition) is 1. The highest BCUT2D eigenvalue weighted by Gasteiger charge is 2.12. The molecule has 3 heterocycles. The minimum absolute atomic E-state index is 0.241. The predicted molar refractivity (Wildman–Crippen MR) is 70.6 cm³/mol. The molecule has 0 saturated heterocycles. The van der Waals surface area contributed by atoms with E-state index in [1.165, 1.54) is 17.6 Å². The van der Waals surface area contributed by atoms with Crippen molar-refractivity contribution in [3.05, 3.63) is 36.4 Å². The summed E-state index contributed by atoms with van der Waals surface area (Å²) in [5.41, 5.74) is 0.680. The number of thiazole rings is 1. The summed E-state index contributed by atoms with van der Waals surface area (Å²) in [4.78, 5) is 21.0. The molecule has 7 heteroatoms. The summed E-state index contributed by atoms with van der Waals surface area (Å²) >= 11 is 1.29. The van der Waals surface area contributed by atoms with Gasteiger partial charge in [0.1, 0.15) is 16.1 Å². The second-order valence-electron chi connectivity index (χ2n) is 3.65. The van der Waals surface area contributed by atoms with E-state index in [1.54, 1.807) is 31.5 Å². The van der Waals surface area contributed by atoms with Crippen LogP contribution in [-0.2, 0) is 0 Å². The summed E-state index contributed by atoms with van der Waals surface area (Å²) in [7, 11) is 1.56. The van der Waals surface area contributed by atoms with Gasteiger partial charge in [-0.25, -0.2) is 9.97 Å². The molecule has 0 aliphatic heterocycles. The maximum atomic E-state index is 11.8. The third kappa shape index (κ3) is 2.27. The Bertz CT molecular complexity index is 721. The van der Waals surface area contributed by atoms with Crippen molar-refractivity contribution in [1.82, 2.24) is 9.97 Å². The molecule has 1 amide bonds. The summed E-state index contributed by atoms with van der Waals surface area (Å²) in [6.45, 7) is 0. The lowest BCUT2D eigenvalue weighted by Gasteiger charge is -1.96. The zero-order valence-corrected chi connectivity index (χ0v) is 10.7.